The molecule has 1 aliphatic carbocycles. The summed E-state index contributed by atoms with van der Waals surface area (Å²) in [5.41, 5.74) is 2.44. The van der Waals surface area contributed by atoms with Gasteiger partial charge in [0.05, 0.1) is 0 Å². The fraction of sp³-hybridized carbons (Fsp3) is 0.283. The van der Waals surface area contributed by atoms with Crippen LogP contribution in [0, 0.1) is 0 Å². The zero-order valence-corrected chi connectivity index (χ0v) is 31.0. The molecule has 0 amide bonds. The van der Waals surface area contributed by atoms with Crippen molar-refractivity contribution >= 4 is 17.3 Å². The number of rotatable bonds is 12. The standard InChI is InChI=1S/C46H46O7/c1-43(2,51)40(48)31-16-12-28(13-17-31)26-46(27-29-14-18-32(19-15-29)41(49)44(3,4)52)37-24-33(39(47)30-10-8-7-9-11-30)20-22-35(37)36-23-21-34(25-38(36)46)42(50)45(5,6)53/h7-25,39,47,51-53H,26-27H2,1-6H3. The Bertz CT molecular complexity index is 2110. The van der Waals surface area contributed by atoms with E-state index in [0.29, 0.717) is 35.1 Å². The molecule has 272 valence electrons. The molecule has 0 saturated heterocycles. The van der Waals surface area contributed by atoms with E-state index in [-0.39, 0.29) is 0 Å². The topological polar surface area (TPSA) is 132 Å². The van der Waals surface area contributed by atoms with E-state index in [1.807, 2.05) is 84.9 Å². The van der Waals surface area contributed by atoms with Gasteiger partial charge >= 0.3 is 0 Å². The number of aliphatic hydroxyl groups excluding tert-OH is 1. The molecular formula is C46H46O7. The number of hydrogen-bond acceptors (Lipinski definition) is 7. The highest BCUT2D eigenvalue weighted by Crippen LogP contribution is 2.53. The number of carbonyl (C=O) groups excluding carboxylic acids is 3. The molecule has 53 heavy (non-hydrogen) atoms. The third-order valence-corrected chi connectivity index (χ3v) is 10.2. The Balaban J connectivity index is 1.57. The second kappa shape index (κ2) is 13.7. The van der Waals surface area contributed by atoms with Crippen molar-refractivity contribution in [2.45, 2.75) is 82.7 Å². The van der Waals surface area contributed by atoms with Crippen molar-refractivity contribution in [2.24, 2.45) is 0 Å². The Morgan fingerprint density at radius 3 is 1.36 bits per heavy atom. The van der Waals surface area contributed by atoms with Gasteiger partial charge < -0.3 is 20.4 Å². The summed E-state index contributed by atoms with van der Waals surface area (Å²) in [7, 11) is 0. The third kappa shape index (κ3) is 7.44. The van der Waals surface area contributed by atoms with E-state index in [2.05, 4.69) is 0 Å². The molecule has 4 N–H and O–H groups in total. The lowest BCUT2D eigenvalue weighted by Gasteiger charge is -2.34. The summed E-state index contributed by atoms with van der Waals surface area (Å²) in [4.78, 5) is 39.4. The molecular weight excluding hydrogens is 664 g/mol. The first-order valence-electron chi connectivity index (χ1n) is 17.8. The van der Waals surface area contributed by atoms with Gasteiger partial charge in [-0.2, -0.15) is 0 Å². The van der Waals surface area contributed by atoms with Crippen LogP contribution in [0.1, 0.15) is 112 Å². The van der Waals surface area contributed by atoms with Crippen LogP contribution in [0.3, 0.4) is 0 Å². The fourth-order valence-electron chi connectivity index (χ4n) is 7.40. The van der Waals surface area contributed by atoms with Crippen LogP contribution in [-0.2, 0) is 18.3 Å². The van der Waals surface area contributed by atoms with Crippen molar-refractivity contribution in [3.63, 3.8) is 0 Å². The van der Waals surface area contributed by atoms with Crippen molar-refractivity contribution in [3.8, 4) is 11.1 Å². The maximum absolute atomic E-state index is 13.5. The second-order valence-corrected chi connectivity index (χ2v) is 15.9. The molecule has 0 radical (unpaired) electrons. The molecule has 5 aromatic rings. The highest BCUT2D eigenvalue weighted by molar-refractivity contribution is 6.03. The van der Waals surface area contributed by atoms with Crippen LogP contribution in [-0.4, -0.2) is 54.6 Å². The maximum atomic E-state index is 13.5. The number of aliphatic hydroxyl groups is 4. The first-order chi connectivity index (χ1) is 24.8. The van der Waals surface area contributed by atoms with E-state index >= 15 is 0 Å². The first-order valence-corrected chi connectivity index (χ1v) is 17.8. The van der Waals surface area contributed by atoms with Gasteiger partial charge in [0.2, 0.25) is 0 Å². The van der Waals surface area contributed by atoms with Crippen LogP contribution in [0.4, 0.5) is 0 Å². The summed E-state index contributed by atoms with van der Waals surface area (Å²) in [6.07, 6.45) is -0.0757. The summed E-state index contributed by atoms with van der Waals surface area (Å²) in [6, 6.07) is 35.2. The molecule has 5 aromatic carbocycles. The SMILES string of the molecule is CC(C)(O)C(=O)c1ccc(CC2(Cc3ccc(C(=O)C(C)(C)O)cc3)c3cc(C(=O)C(C)(C)O)ccc3-c3ccc(C(O)c4ccccc4)cc32)cc1. The molecule has 0 saturated carbocycles. The predicted octanol–water partition coefficient (Wildman–Crippen LogP) is 7.38. The minimum atomic E-state index is -1.61. The molecule has 0 fully saturated rings. The molecule has 0 aromatic heterocycles. The summed E-state index contributed by atoms with van der Waals surface area (Å²) in [6.45, 7) is 8.76. The van der Waals surface area contributed by atoms with Crippen molar-refractivity contribution in [2.75, 3.05) is 0 Å². The zero-order chi connectivity index (χ0) is 38.5. The molecule has 0 bridgehead atoms. The van der Waals surface area contributed by atoms with Gasteiger partial charge in [-0.3, -0.25) is 14.4 Å². The molecule has 1 aliphatic rings. The lowest BCUT2D eigenvalue weighted by atomic mass is 9.68. The largest absolute Gasteiger partial charge is 0.384 e. The molecule has 0 heterocycles. The number of Topliss-reactive ketones (excluding diaryl/α,β-unsaturated/α-hetero) is 3. The summed E-state index contributed by atoms with van der Waals surface area (Å²) < 4.78 is 0. The normalized spacial score (nSPS) is 14.3. The number of hydrogen-bond donors (Lipinski definition) is 4. The van der Waals surface area contributed by atoms with Crippen LogP contribution in [0.25, 0.3) is 11.1 Å². The van der Waals surface area contributed by atoms with Gasteiger partial charge in [-0.1, -0.05) is 109 Å². The fourth-order valence-corrected chi connectivity index (χ4v) is 7.40. The summed E-state index contributed by atoms with van der Waals surface area (Å²) in [5.74, 6) is -1.22. The first kappa shape index (κ1) is 37.7. The molecule has 0 spiro atoms. The maximum Gasteiger partial charge on any atom is 0.193 e. The Kier molecular flexibility index (Phi) is 9.77. The van der Waals surface area contributed by atoms with Gasteiger partial charge in [-0.15, -0.1) is 0 Å². The Morgan fingerprint density at radius 2 is 0.906 bits per heavy atom. The van der Waals surface area contributed by atoms with Crippen LogP contribution in [0.2, 0.25) is 0 Å². The molecule has 7 heteroatoms. The van der Waals surface area contributed by atoms with Crippen molar-refractivity contribution in [3.05, 3.63) is 165 Å². The van der Waals surface area contributed by atoms with E-state index in [1.54, 1.807) is 30.3 Å². The van der Waals surface area contributed by atoms with Crippen molar-refractivity contribution in [1.82, 2.24) is 0 Å². The second-order valence-electron chi connectivity index (χ2n) is 15.9. The van der Waals surface area contributed by atoms with Gasteiger partial charge in [-0.05, 0) is 105 Å². The lowest BCUT2D eigenvalue weighted by molar-refractivity contribution is 0.0487. The Labute approximate surface area is 310 Å². The van der Waals surface area contributed by atoms with Crippen molar-refractivity contribution in [1.29, 1.82) is 0 Å². The number of fused-ring (bicyclic) bond motifs is 3. The van der Waals surface area contributed by atoms with Gasteiger partial charge in [0, 0.05) is 22.1 Å². The van der Waals surface area contributed by atoms with Crippen LogP contribution in [0.5, 0.6) is 0 Å². The van der Waals surface area contributed by atoms with E-state index in [0.717, 1.165) is 38.9 Å². The highest BCUT2D eigenvalue weighted by atomic mass is 16.3. The average Bonchev–Trinajstić information content (AvgIpc) is 3.37. The lowest BCUT2D eigenvalue weighted by Crippen LogP contribution is -2.34. The Hall–Kier alpha value is -5.05. The molecule has 0 aliphatic heterocycles. The van der Waals surface area contributed by atoms with Gasteiger partial charge in [0.1, 0.15) is 22.9 Å². The van der Waals surface area contributed by atoms with E-state index in [1.165, 1.54) is 41.5 Å². The minimum Gasteiger partial charge on any atom is -0.384 e. The van der Waals surface area contributed by atoms with E-state index < -0.39 is 45.7 Å². The van der Waals surface area contributed by atoms with Gasteiger partial charge in [0.15, 0.2) is 17.3 Å². The summed E-state index contributed by atoms with van der Waals surface area (Å²) >= 11 is 0. The van der Waals surface area contributed by atoms with Crippen LogP contribution < -0.4 is 0 Å². The van der Waals surface area contributed by atoms with Gasteiger partial charge in [0.25, 0.3) is 0 Å². The van der Waals surface area contributed by atoms with Crippen LogP contribution >= 0.6 is 0 Å². The summed E-state index contributed by atoms with van der Waals surface area (Å²) in [5, 5.41) is 43.2. The van der Waals surface area contributed by atoms with Crippen molar-refractivity contribution < 1.29 is 34.8 Å². The monoisotopic (exact) mass is 710 g/mol. The molecule has 7 nitrogen and oxygen atoms in total. The highest BCUT2D eigenvalue weighted by Gasteiger charge is 2.45. The van der Waals surface area contributed by atoms with Crippen LogP contribution in [0.15, 0.2) is 115 Å². The smallest absolute Gasteiger partial charge is 0.193 e. The Morgan fingerprint density at radius 1 is 0.509 bits per heavy atom. The quantitative estimate of drug-likeness (QED) is 0.0994. The zero-order valence-electron chi connectivity index (χ0n) is 31.0. The van der Waals surface area contributed by atoms with Gasteiger partial charge in [-0.25, -0.2) is 0 Å². The van der Waals surface area contributed by atoms with E-state index in [4.69, 9.17) is 0 Å². The molecule has 6 rings (SSSR count). The average molecular weight is 711 g/mol. The number of ketones is 3. The van der Waals surface area contributed by atoms with E-state index in [9.17, 15) is 34.8 Å². The number of carbonyl (C=O) groups is 3. The molecule has 1 unspecified atom stereocenters. The predicted molar refractivity (Wildman–Crippen MR) is 205 cm³/mol. The molecule has 1 atom stereocenters. The third-order valence-electron chi connectivity index (χ3n) is 10.2. The minimum absolute atomic E-state index is 0.357. The number of benzene rings is 5.